The highest BCUT2D eigenvalue weighted by molar-refractivity contribution is 9.10. The Bertz CT molecular complexity index is 1480. The summed E-state index contributed by atoms with van der Waals surface area (Å²) in [5, 5.41) is 0.946. The summed E-state index contributed by atoms with van der Waals surface area (Å²) in [6, 6.07) is 18.4. The predicted octanol–water partition coefficient (Wildman–Crippen LogP) is 5.67. The van der Waals surface area contributed by atoms with E-state index >= 15 is 0 Å². The lowest BCUT2D eigenvalue weighted by atomic mass is 10.1. The molecule has 6 nitrogen and oxygen atoms in total. The number of Topliss-reactive ketones (excluding diaryl/α,β-unsaturated/α-hetero) is 2. The van der Waals surface area contributed by atoms with Gasteiger partial charge in [0.2, 0.25) is 6.79 Å². The van der Waals surface area contributed by atoms with E-state index in [9.17, 15) is 9.59 Å². The van der Waals surface area contributed by atoms with Crippen molar-refractivity contribution in [3.05, 3.63) is 93.6 Å². The van der Waals surface area contributed by atoms with Gasteiger partial charge in [0.1, 0.15) is 12.4 Å². The third-order valence-corrected chi connectivity index (χ3v) is 6.52. The normalized spacial score (nSPS) is 14.1. The van der Waals surface area contributed by atoms with Crippen molar-refractivity contribution in [3.63, 3.8) is 0 Å². The maximum atomic E-state index is 12.9. The van der Waals surface area contributed by atoms with E-state index in [1.54, 1.807) is 30.3 Å². The number of fused-ring (bicyclic) bond motifs is 3. The number of carbonyl (C=O) groups excluding carboxylic acids is 2. The molecule has 168 valence electrons. The van der Waals surface area contributed by atoms with E-state index in [0.29, 0.717) is 41.5 Å². The smallest absolute Gasteiger partial charge is 0.231 e. The van der Waals surface area contributed by atoms with Crippen molar-refractivity contribution < 1.29 is 23.8 Å². The predicted molar refractivity (Wildman–Crippen MR) is 131 cm³/mol. The highest BCUT2D eigenvalue weighted by Gasteiger charge is 2.32. The number of rotatable bonds is 5. The van der Waals surface area contributed by atoms with Crippen molar-refractivity contribution in [2.24, 2.45) is 0 Å². The minimum Gasteiger partial charge on any atom is -0.492 e. The van der Waals surface area contributed by atoms with Crippen LogP contribution in [-0.4, -0.2) is 29.5 Å². The molecule has 3 aromatic carbocycles. The second kappa shape index (κ2) is 8.18. The van der Waals surface area contributed by atoms with Crippen molar-refractivity contribution >= 4 is 44.5 Å². The molecule has 0 radical (unpaired) electrons. The van der Waals surface area contributed by atoms with Crippen molar-refractivity contribution in [1.29, 1.82) is 0 Å². The summed E-state index contributed by atoms with van der Waals surface area (Å²) in [4.78, 5) is 25.8. The first-order valence-corrected chi connectivity index (χ1v) is 11.6. The molecule has 2 heterocycles. The molecule has 1 aliphatic heterocycles. The number of allylic oxidation sites excluding steroid dienone is 1. The number of halogens is 1. The van der Waals surface area contributed by atoms with Crippen LogP contribution >= 0.6 is 15.9 Å². The summed E-state index contributed by atoms with van der Waals surface area (Å²) < 4.78 is 19.7. The van der Waals surface area contributed by atoms with Crippen LogP contribution in [0, 0.1) is 0 Å². The van der Waals surface area contributed by atoms with Crippen molar-refractivity contribution in [2.45, 2.75) is 6.54 Å². The first-order chi connectivity index (χ1) is 16.6. The Morgan fingerprint density at radius 2 is 1.71 bits per heavy atom. The molecule has 0 saturated carbocycles. The van der Waals surface area contributed by atoms with E-state index in [-0.39, 0.29) is 23.9 Å². The maximum absolute atomic E-state index is 12.9. The van der Waals surface area contributed by atoms with Gasteiger partial charge >= 0.3 is 0 Å². The average Bonchev–Trinajstić information content (AvgIpc) is 3.51. The van der Waals surface area contributed by atoms with Gasteiger partial charge in [-0.3, -0.25) is 9.59 Å². The Labute approximate surface area is 203 Å². The van der Waals surface area contributed by atoms with Crippen LogP contribution in [0.3, 0.4) is 0 Å². The lowest BCUT2D eigenvalue weighted by Crippen LogP contribution is -2.07. The molecule has 2 aliphatic rings. The molecule has 1 aromatic heterocycles. The van der Waals surface area contributed by atoms with Gasteiger partial charge in [-0.2, -0.15) is 0 Å². The lowest BCUT2D eigenvalue weighted by molar-refractivity contribution is 0.0990. The highest BCUT2D eigenvalue weighted by atomic mass is 79.9. The van der Waals surface area contributed by atoms with Crippen LogP contribution in [0.4, 0.5) is 0 Å². The number of hydrogen-bond donors (Lipinski definition) is 0. The highest BCUT2D eigenvalue weighted by Crippen LogP contribution is 2.35. The molecule has 0 amide bonds. The zero-order valence-electron chi connectivity index (χ0n) is 17.9. The molecule has 0 fully saturated rings. The Balaban J connectivity index is 1.29. The second-order valence-electron chi connectivity index (χ2n) is 8.06. The fourth-order valence-corrected chi connectivity index (χ4v) is 4.75. The number of nitrogens with zero attached hydrogens (tertiary/aromatic N) is 1. The quantitative estimate of drug-likeness (QED) is 0.253. The average molecular weight is 516 g/mol. The molecular weight excluding hydrogens is 498 g/mol. The van der Waals surface area contributed by atoms with Gasteiger partial charge in [0.25, 0.3) is 0 Å². The zero-order valence-corrected chi connectivity index (χ0v) is 19.5. The third kappa shape index (κ3) is 3.49. The largest absolute Gasteiger partial charge is 0.492 e. The van der Waals surface area contributed by atoms with Gasteiger partial charge in [-0.05, 0) is 36.4 Å². The van der Waals surface area contributed by atoms with E-state index in [2.05, 4.69) is 20.5 Å². The number of aromatic nitrogens is 1. The standard InChI is InChI=1S/C27H18BrNO5/c28-17-5-7-23-21(12-17)16(11-22-26(30)19-3-1-2-4-20(19)27(22)31)14-29(23)9-10-32-18-6-8-24-25(13-18)34-15-33-24/h1-8,11-14H,9-10,15H2. The molecule has 7 heteroatoms. The first kappa shape index (κ1) is 20.7. The van der Waals surface area contributed by atoms with Crippen LogP contribution in [0.15, 0.2) is 76.9 Å². The van der Waals surface area contributed by atoms with Crippen LogP contribution in [0.5, 0.6) is 17.2 Å². The summed E-state index contributed by atoms with van der Waals surface area (Å²) in [7, 11) is 0. The summed E-state index contributed by atoms with van der Waals surface area (Å²) in [5.41, 5.74) is 2.90. The topological polar surface area (TPSA) is 66.8 Å². The molecule has 0 saturated heterocycles. The first-order valence-electron chi connectivity index (χ1n) is 10.8. The molecule has 1 aliphatic carbocycles. The van der Waals surface area contributed by atoms with Crippen molar-refractivity contribution in [1.82, 2.24) is 4.57 Å². The van der Waals surface area contributed by atoms with Gasteiger partial charge in [-0.15, -0.1) is 0 Å². The summed E-state index contributed by atoms with van der Waals surface area (Å²) in [6.07, 6.45) is 3.66. The second-order valence-corrected chi connectivity index (χ2v) is 8.98. The van der Waals surface area contributed by atoms with E-state index in [0.717, 1.165) is 20.9 Å². The Morgan fingerprint density at radius 3 is 2.50 bits per heavy atom. The minimum absolute atomic E-state index is 0.192. The fraction of sp³-hybridized carbons (Fsp3) is 0.111. The molecule has 0 unspecified atom stereocenters. The molecule has 0 spiro atoms. The fourth-order valence-electron chi connectivity index (χ4n) is 4.38. The monoisotopic (exact) mass is 515 g/mol. The Morgan fingerprint density at radius 1 is 0.941 bits per heavy atom. The van der Waals surface area contributed by atoms with Gasteiger partial charge in [0.05, 0.1) is 12.1 Å². The number of carbonyl (C=O) groups is 2. The molecule has 34 heavy (non-hydrogen) atoms. The minimum atomic E-state index is -0.234. The van der Waals surface area contributed by atoms with Crippen molar-refractivity contribution in [2.75, 3.05) is 13.4 Å². The number of benzene rings is 3. The van der Waals surface area contributed by atoms with Gasteiger partial charge in [0, 0.05) is 44.3 Å². The van der Waals surface area contributed by atoms with Gasteiger partial charge in [-0.1, -0.05) is 40.2 Å². The van der Waals surface area contributed by atoms with E-state index in [4.69, 9.17) is 14.2 Å². The van der Waals surface area contributed by atoms with E-state index in [1.165, 1.54) is 0 Å². The maximum Gasteiger partial charge on any atom is 0.231 e. The molecule has 4 aromatic rings. The Kier molecular flexibility index (Phi) is 4.99. The van der Waals surface area contributed by atoms with Crippen LogP contribution in [0.2, 0.25) is 0 Å². The number of hydrogen-bond acceptors (Lipinski definition) is 5. The number of ketones is 2. The third-order valence-electron chi connectivity index (χ3n) is 6.02. The van der Waals surface area contributed by atoms with E-state index in [1.807, 2.05) is 42.6 Å². The van der Waals surface area contributed by atoms with Gasteiger partial charge < -0.3 is 18.8 Å². The molecule has 6 rings (SSSR count). The molecule has 0 atom stereocenters. The lowest BCUT2D eigenvalue weighted by Gasteiger charge is -2.09. The molecule has 0 bridgehead atoms. The summed E-state index contributed by atoms with van der Waals surface area (Å²) >= 11 is 3.53. The van der Waals surface area contributed by atoms with Gasteiger partial charge in [0.15, 0.2) is 23.1 Å². The molecule has 0 N–H and O–H groups in total. The van der Waals surface area contributed by atoms with Gasteiger partial charge in [-0.25, -0.2) is 0 Å². The Hall–Kier alpha value is -3.84. The van der Waals surface area contributed by atoms with Crippen LogP contribution < -0.4 is 14.2 Å². The van der Waals surface area contributed by atoms with Crippen molar-refractivity contribution in [3.8, 4) is 17.2 Å². The number of ether oxygens (including phenoxy) is 3. The summed E-state index contributed by atoms with van der Waals surface area (Å²) in [6.45, 7) is 1.23. The van der Waals surface area contributed by atoms with E-state index < -0.39 is 0 Å². The summed E-state index contributed by atoms with van der Waals surface area (Å²) in [5.74, 6) is 1.62. The van der Waals surface area contributed by atoms with Crippen LogP contribution in [-0.2, 0) is 6.54 Å². The molecular formula is C27H18BrNO5. The SMILES string of the molecule is O=C1C(=Cc2cn(CCOc3ccc4c(c3)OCO4)c3ccc(Br)cc23)C(=O)c2ccccc21. The zero-order chi connectivity index (χ0) is 23.2. The van der Waals surface area contributed by atoms with Crippen LogP contribution in [0.25, 0.3) is 17.0 Å². The van der Waals surface area contributed by atoms with Crippen LogP contribution in [0.1, 0.15) is 26.3 Å².